The summed E-state index contributed by atoms with van der Waals surface area (Å²) in [5, 5.41) is 0. The van der Waals surface area contributed by atoms with E-state index >= 15 is 0 Å². The molecular formula is C29H25O6P. The highest BCUT2D eigenvalue weighted by Gasteiger charge is 2.66. The number of phosphoric acid groups is 1. The second-order valence-electron chi connectivity index (χ2n) is 8.88. The van der Waals surface area contributed by atoms with E-state index in [9.17, 15) is 9.46 Å². The first-order chi connectivity index (χ1) is 17.6. The van der Waals surface area contributed by atoms with E-state index in [0.717, 1.165) is 0 Å². The molecule has 2 unspecified atom stereocenters. The first kappa shape index (κ1) is 23.3. The van der Waals surface area contributed by atoms with Gasteiger partial charge in [-0.25, -0.2) is 4.57 Å². The summed E-state index contributed by atoms with van der Waals surface area (Å²) in [4.78, 5) is 11.4. The maximum Gasteiger partial charge on any atom is 0.474 e. The van der Waals surface area contributed by atoms with E-state index in [0.29, 0.717) is 22.3 Å². The molecule has 4 aromatic carbocycles. The van der Waals surface area contributed by atoms with Crippen LogP contribution in [0.3, 0.4) is 0 Å². The van der Waals surface area contributed by atoms with Crippen LogP contribution in [-0.4, -0.2) is 23.9 Å². The molecule has 0 amide bonds. The molecule has 4 aromatic rings. The first-order valence-electron chi connectivity index (χ1n) is 11.8. The molecule has 36 heavy (non-hydrogen) atoms. The predicted molar refractivity (Wildman–Crippen MR) is 134 cm³/mol. The highest BCUT2D eigenvalue weighted by Crippen LogP contribution is 2.65. The van der Waals surface area contributed by atoms with Gasteiger partial charge in [-0.2, -0.15) is 0 Å². The molecule has 6 rings (SSSR count). The van der Waals surface area contributed by atoms with Gasteiger partial charge >= 0.3 is 7.82 Å². The summed E-state index contributed by atoms with van der Waals surface area (Å²) in [6.07, 6.45) is -1.66. The van der Waals surface area contributed by atoms with Gasteiger partial charge in [-0.15, -0.1) is 0 Å². The third kappa shape index (κ3) is 3.66. The van der Waals surface area contributed by atoms with Crippen molar-refractivity contribution in [3.8, 4) is 0 Å². The van der Waals surface area contributed by atoms with Gasteiger partial charge in [0.1, 0.15) is 19.0 Å². The number of benzene rings is 4. The van der Waals surface area contributed by atoms with Crippen molar-refractivity contribution in [2.24, 2.45) is 0 Å². The Morgan fingerprint density at radius 3 is 1.11 bits per heavy atom. The predicted octanol–water partition coefficient (Wildman–Crippen LogP) is 5.76. The van der Waals surface area contributed by atoms with Crippen LogP contribution in [0.4, 0.5) is 0 Å². The molecule has 2 aliphatic rings. The topological polar surface area (TPSA) is 74.2 Å². The Morgan fingerprint density at radius 1 is 0.556 bits per heavy atom. The second-order valence-corrected chi connectivity index (χ2v) is 10.2. The molecule has 6 nitrogen and oxygen atoms in total. The Hall–Kier alpha value is -3.09. The van der Waals surface area contributed by atoms with Crippen molar-refractivity contribution >= 4 is 7.82 Å². The summed E-state index contributed by atoms with van der Waals surface area (Å²) in [5.74, 6) is 0. The van der Waals surface area contributed by atoms with E-state index in [2.05, 4.69) is 0 Å². The van der Waals surface area contributed by atoms with Crippen LogP contribution in [0.1, 0.15) is 22.3 Å². The van der Waals surface area contributed by atoms with E-state index < -0.39 is 31.2 Å². The van der Waals surface area contributed by atoms with Crippen molar-refractivity contribution in [1.29, 1.82) is 0 Å². The van der Waals surface area contributed by atoms with Gasteiger partial charge in [-0.3, -0.25) is 9.05 Å². The molecule has 0 bridgehead atoms. The zero-order chi connectivity index (χ0) is 24.6. The Labute approximate surface area is 209 Å². The maximum absolute atomic E-state index is 14.0. The number of phosphoric ester groups is 1. The fourth-order valence-corrected chi connectivity index (χ4v) is 6.85. The first-order valence-corrected chi connectivity index (χ1v) is 13.3. The lowest BCUT2D eigenvalue weighted by atomic mass is 9.72. The van der Waals surface area contributed by atoms with E-state index in [-0.39, 0.29) is 6.79 Å². The monoisotopic (exact) mass is 500 g/mol. The van der Waals surface area contributed by atoms with Crippen LogP contribution < -0.4 is 0 Å². The lowest BCUT2D eigenvalue weighted by Crippen LogP contribution is -2.53. The van der Waals surface area contributed by atoms with Crippen LogP contribution in [0.15, 0.2) is 121 Å². The van der Waals surface area contributed by atoms with Crippen molar-refractivity contribution in [3.63, 3.8) is 0 Å². The molecule has 182 valence electrons. The summed E-state index contributed by atoms with van der Waals surface area (Å²) in [6.45, 7) is -0.0272. The van der Waals surface area contributed by atoms with Gasteiger partial charge in [0, 0.05) is 0 Å². The number of hydrogen-bond donors (Lipinski definition) is 1. The summed E-state index contributed by atoms with van der Waals surface area (Å²) in [7, 11) is -4.75. The highest BCUT2D eigenvalue weighted by atomic mass is 31.2. The molecule has 2 atom stereocenters. The third-order valence-electron chi connectivity index (χ3n) is 6.90. The molecular weight excluding hydrogens is 475 g/mol. The largest absolute Gasteiger partial charge is 0.474 e. The van der Waals surface area contributed by atoms with Crippen LogP contribution >= 0.6 is 7.82 Å². The van der Waals surface area contributed by atoms with Gasteiger partial charge in [-0.1, -0.05) is 121 Å². The standard InChI is InChI=1S/C29H25O6P/c30-36(31)34-28(22-13-5-1-6-14-22,23-15-7-2-8-16-23)26-27(33-21-32-26)29(35-36,24-17-9-3-10-18-24)25-19-11-4-12-20-25/h1-20,26-27H,21H2,(H,30,31). The van der Waals surface area contributed by atoms with Gasteiger partial charge in [0.05, 0.1) is 0 Å². The minimum Gasteiger partial charge on any atom is -0.346 e. The molecule has 2 heterocycles. The molecule has 0 aromatic heterocycles. The Balaban J connectivity index is 1.68. The van der Waals surface area contributed by atoms with Crippen LogP contribution in [0.25, 0.3) is 0 Å². The van der Waals surface area contributed by atoms with Gasteiger partial charge in [0.15, 0.2) is 11.2 Å². The van der Waals surface area contributed by atoms with Crippen molar-refractivity contribution in [1.82, 2.24) is 0 Å². The van der Waals surface area contributed by atoms with E-state index in [4.69, 9.17) is 18.5 Å². The molecule has 0 saturated carbocycles. The van der Waals surface area contributed by atoms with Gasteiger partial charge in [0.2, 0.25) is 0 Å². The zero-order valence-electron chi connectivity index (χ0n) is 19.3. The quantitative estimate of drug-likeness (QED) is 0.359. The van der Waals surface area contributed by atoms with E-state index in [1.54, 1.807) is 0 Å². The van der Waals surface area contributed by atoms with Crippen molar-refractivity contribution in [2.45, 2.75) is 23.4 Å². The summed E-state index contributed by atoms with van der Waals surface area (Å²) >= 11 is 0. The van der Waals surface area contributed by atoms with Gasteiger partial charge in [-0.05, 0) is 22.3 Å². The van der Waals surface area contributed by atoms with Crippen LogP contribution in [0, 0.1) is 0 Å². The molecule has 0 radical (unpaired) electrons. The number of hydrogen-bond acceptors (Lipinski definition) is 5. The van der Waals surface area contributed by atoms with E-state index in [1.807, 2.05) is 121 Å². The normalized spacial score (nSPS) is 26.6. The smallest absolute Gasteiger partial charge is 0.346 e. The van der Waals surface area contributed by atoms with Crippen LogP contribution in [-0.2, 0) is 34.3 Å². The van der Waals surface area contributed by atoms with Crippen molar-refractivity contribution in [3.05, 3.63) is 144 Å². The van der Waals surface area contributed by atoms with Crippen molar-refractivity contribution in [2.75, 3.05) is 6.79 Å². The van der Waals surface area contributed by atoms with E-state index in [1.165, 1.54) is 0 Å². The fraction of sp³-hybridized carbons (Fsp3) is 0.172. The lowest BCUT2D eigenvalue weighted by molar-refractivity contribution is -0.0575. The number of rotatable bonds is 4. The third-order valence-corrected chi connectivity index (χ3v) is 7.94. The second kappa shape index (κ2) is 9.09. The molecule has 7 heteroatoms. The van der Waals surface area contributed by atoms with Crippen molar-refractivity contribution < 1.29 is 28.0 Å². The summed E-state index contributed by atoms with van der Waals surface area (Å²) in [5.41, 5.74) is -0.338. The highest BCUT2D eigenvalue weighted by molar-refractivity contribution is 7.47. The summed E-state index contributed by atoms with van der Waals surface area (Å²) in [6, 6.07) is 37.4. The summed E-state index contributed by atoms with van der Waals surface area (Å²) < 4.78 is 39.1. The Bertz CT molecular complexity index is 1180. The number of ether oxygens (including phenoxy) is 2. The van der Waals surface area contributed by atoms with Crippen LogP contribution in [0.5, 0.6) is 0 Å². The maximum atomic E-state index is 14.0. The molecule has 0 aliphatic carbocycles. The lowest BCUT2D eigenvalue weighted by Gasteiger charge is -2.41. The molecule has 2 saturated heterocycles. The minimum absolute atomic E-state index is 0.0272. The average Bonchev–Trinajstić information content (AvgIpc) is 3.40. The molecule has 1 N–H and O–H groups in total. The van der Waals surface area contributed by atoms with Crippen LogP contribution in [0.2, 0.25) is 0 Å². The zero-order valence-corrected chi connectivity index (χ0v) is 20.2. The van der Waals surface area contributed by atoms with Gasteiger partial charge < -0.3 is 14.4 Å². The fourth-order valence-electron chi connectivity index (χ4n) is 5.45. The average molecular weight is 500 g/mol. The SMILES string of the molecule is O=P1(O)OC(c2ccccc2)(c2ccccc2)C2OCOC2C(c2ccccc2)(c2ccccc2)O1. The Kier molecular flexibility index (Phi) is 5.89. The molecule has 2 fully saturated rings. The molecule has 2 aliphatic heterocycles. The minimum atomic E-state index is -4.75. The number of fused-ring (bicyclic) bond motifs is 1. The van der Waals surface area contributed by atoms with Gasteiger partial charge in [0.25, 0.3) is 0 Å². The Morgan fingerprint density at radius 2 is 0.833 bits per heavy atom. The molecule has 0 spiro atoms.